The van der Waals surface area contributed by atoms with E-state index in [9.17, 15) is 4.79 Å². The number of rotatable bonds is 7. The predicted octanol–water partition coefficient (Wildman–Crippen LogP) is 1.52. The van der Waals surface area contributed by atoms with Crippen LogP contribution in [0.1, 0.15) is 20.3 Å². The number of anilines is 2. The van der Waals surface area contributed by atoms with Gasteiger partial charge in [-0.15, -0.1) is 0 Å². The van der Waals surface area contributed by atoms with Gasteiger partial charge in [-0.3, -0.25) is 4.79 Å². The third kappa shape index (κ3) is 4.55. The monoisotopic (exact) mass is 285 g/mol. The summed E-state index contributed by atoms with van der Waals surface area (Å²) in [5.41, 5.74) is 0. The Balaban J connectivity index is 2.91. The topological polar surface area (TPSA) is 70.2 Å². The van der Waals surface area contributed by atoms with Crippen LogP contribution in [0, 0.1) is 0 Å². The summed E-state index contributed by atoms with van der Waals surface area (Å²) in [5, 5.41) is 6.12. The molecule has 0 radical (unpaired) electrons. The second-order valence-electron chi connectivity index (χ2n) is 3.98. The lowest BCUT2D eigenvalue weighted by molar-refractivity contribution is -0.119. The van der Waals surface area contributed by atoms with Gasteiger partial charge < -0.3 is 15.5 Å². The highest BCUT2D eigenvalue weighted by Gasteiger charge is 2.15. The molecule has 6 nitrogen and oxygen atoms in total. The second kappa shape index (κ2) is 7.78. The van der Waals surface area contributed by atoms with Gasteiger partial charge in [-0.25, -0.2) is 4.98 Å². The number of halogens is 1. The number of amides is 1. The number of nitrogens with one attached hydrogen (secondary N) is 2. The molecule has 7 heteroatoms. The molecule has 0 bridgehead atoms. The molecule has 0 unspecified atom stereocenters. The van der Waals surface area contributed by atoms with Gasteiger partial charge in [-0.05, 0) is 13.3 Å². The van der Waals surface area contributed by atoms with Crippen molar-refractivity contribution in [2.75, 3.05) is 36.9 Å². The first-order chi connectivity index (χ1) is 9.12. The lowest BCUT2D eigenvalue weighted by atomic mass is 10.4. The predicted molar refractivity (Wildman–Crippen MR) is 77.8 cm³/mol. The zero-order chi connectivity index (χ0) is 14.3. The van der Waals surface area contributed by atoms with Gasteiger partial charge in [0, 0.05) is 20.1 Å². The molecule has 0 spiro atoms. The molecule has 0 aromatic carbocycles. The average molecular weight is 286 g/mol. The highest BCUT2D eigenvalue weighted by atomic mass is 35.5. The summed E-state index contributed by atoms with van der Waals surface area (Å²) in [4.78, 5) is 21.7. The fourth-order valence-electron chi connectivity index (χ4n) is 1.49. The van der Waals surface area contributed by atoms with Gasteiger partial charge in [0.2, 0.25) is 11.9 Å². The molecule has 1 heterocycles. The smallest absolute Gasteiger partial charge is 0.239 e. The van der Waals surface area contributed by atoms with E-state index in [4.69, 9.17) is 11.6 Å². The van der Waals surface area contributed by atoms with E-state index in [-0.39, 0.29) is 12.5 Å². The molecule has 106 valence electrons. The van der Waals surface area contributed by atoms with E-state index in [1.807, 2.05) is 6.92 Å². The number of hydrogen-bond acceptors (Lipinski definition) is 5. The fourth-order valence-corrected chi connectivity index (χ4v) is 1.70. The van der Waals surface area contributed by atoms with Crippen molar-refractivity contribution in [2.45, 2.75) is 20.3 Å². The number of carbonyl (C=O) groups is 1. The van der Waals surface area contributed by atoms with Crippen LogP contribution in [-0.2, 0) is 4.79 Å². The molecule has 2 N–H and O–H groups in total. The van der Waals surface area contributed by atoms with Crippen molar-refractivity contribution in [3.8, 4) is 0 Å². The zero-order valence-electron chi connectivity index (χ0n) is 11.5. The van der Waals surface area contributed by atoms with E-state index >= 15 is 0 Å². The van der Waals surface area contributed by atoms with Crippen molar-refractivity contribution in [3.63, 3.8) is 0 Å². The summed E-state index contributed by atoms with van der Waals surface area (Å²) in [6.07, 6.45) is 2.53. The van der Waals surface area contributed by atoms with Crippen LogP contribution >= 0.6 is 11.6 Å². The number of nitrogens with zero attached hydrogens (tertiary/aromatic N) is 3. The molecule has 0 aliphatic carbocycles. The molecule has 1 aromatic rings. The summed E-state index contributed by atoms with van der Waals surface area (Å²) in [6.45, 7) is 5.66. The second-order valence-corrected chi connectivity index (χ2v) is 4.39. The van der Waals surface area contributed by atoms with Gasteiger partial charge in [-0.1, -0.05) is 18.5 Å². The number of likely N-dealkylation sites (N-methyl/N-ethyl adjacent to an activating group) is 2. The average Bonchev–Trinajstić information content (AvgIpc) is 2.43. The van der Waals surface area contributed by atoms with Crippen molar-refractivity contribution in [2.24, 2.45) is 0 Å². The maximum atomic E-state index is 11.5. The first-order valence-corrected chi connectivity index (χ1v) is 6.72. The molecular formula is C12H20ClN5O. The number of carbonyl (C=O) groups excluding carboxylic acids is 1. The third-order valence-corrected chi connectivity index (χ3v) is 2.82. The Morgan fingerprint density at radius 1 is 1.47 bits per heavy atom. The van der Waals surface area contributed by atoms with E-state index in [1.54, 1.807) is 18.1 Å². The Hall–Kier alpha value is -1.56. The summed E-state index contributed by atoms with van der Waals surface area (Å²) >= 11 is 6.10. The van der Waals surface area contributed by atoms with E-state index in [1.165, 1.54) is 0 Å². The van der Waals surface area contributed by atoms with Crippen molar-refractivity contribution < 1.29 is 4.79 Å². The van der Waals surface area contributed by atoms with Gasteiger partial charge >= 0.3 is 0 Å². The van der Waals surface area contributed by atoms with Gasteiger partial charge in [0.1, 0.15) is 5.02 Å². The Labute approximate surface area is 118 Å². The van der Waals surface area contributed by atoms with E-state index in [2.05, 4.69) is 27.5 Å². The quantitative estimate of drug-likeness (QED) is 0.795. The molecule has 0 fully saturated rings. The van der Waals surface area contributed by atoms with Crippen LogP contribution in [0.4, 0.5) is 11.8 Å². The summed E-state index contributed by atoms with van der Waals surface area (Å²) in [7, 11) is 1.60. The van der Waals surface area contributed by atoms with Gasteiger partial charge in [-0.2, -0.15) is 4.98 Å². The first kappa shape index (κ1) is 15.5. The largest absolute Gasteiger partial charge is 0.358 e. The van der Waals surface area contributed by atoms with Crippen LogP contribution in [0.3, 0.4) is 0 Å². The van der Waals surface area contributed by atoms with Crippen molar-refractivity contribution in [3.05, 3.63) is 11.2 Å². The van der Waals surface area contributed by atoms with E-state index in [0.717, 1.165) is 13.0 Å². The first-order valence-electron chi connectivity index (χ1n) is 6.34. The normalized spacial score (nSPS) is 10.1. The Morgan fingerprint density at radius 3 is 2.79 bits per heavy atom. The van der Waals surface area contributed by atoms with E-state index < -0.39 is 0 Å². The minimum absolute atomic E-state index is 0.0837. The van der Waals surface area contributed by atoms with Crippen molar-refractivity contribution in [1.29, 1.82) is 0 Å². The number of aromatic nitrogens is 2. The summed E-state index contributed by atoms with van der Waals surface area (Å²) in [6, 6.07) is 0. The molecule has 0 saturated heterocycles. The minimum atomic E-state index is -0.0837. The fraction of sp³-hybridized carbons (Fsp3) is 0.583. The maximum Gasteiger partial charge on any atom is 0.239 e. The Morgan fingerprint density at radius 2 is 2.21 bits per heavy atom. The third-order valence-electron chi connectivity index (χ3n) is 2.55. The SMILES string of the molecule is CCCNc1ncc(Cl)c(N(CC)CC(=O)NC)n1. The van der Waals surface area contributed by atoms with Gasteiger partial charge in [0.15, 0.2) is 5.82 Å². The van der Waals surface area contributed by atoms with Gasteiger partial charge in [0.05, 0.1) is 12.7 Å². The van der Waals surface area contributed by atoms with Crippen LogP contribution in [-0.4, -0.2) is 42.6 Å². The minimum Gasteiger partial charge on any atom is -0.358 e. The summed E-state index contributed by atoms with van der Waals surface area (Å²) < 4.78 is 0. The maximum absolute atomic E-state index is 11.5. The van der Waals surface area contributed by atoms with E-state index in [0.29, 0.717) is 23.3 Å². The molecule has 0 aliphatic rings. The standard InChI is InChI=1S/C12H20ClN5O/c1-4-6-15-12-16-7-9(13)11(17-12)18(5-2)8-10(19)14-3/h7H,4-6,8H2,1-3H3,(H,14,19)(H,15,16,17). The highest BCUT2D eigenvalue weighted by Crippen LogP contribution is 2.23. The van der Waals surface area contributed by atoms with Crippen LogP contribution < -0.4 is 15.5 Å². The molecule has 19 heavy (non-hydrogen) atoms. The molecule has 1 rings (SSSR count). The molecule has 1 amide bonds. The highest BCUT2D eigenvalue weighted by molar-refractivity contribution is 6.32. The van der Waals surface area contributed by atoms with Crippen LogP contribution in [0.2, 0.25) is 5.02 Å². The molecule has 0 saturated carbocycles. The lowest BCUT2D eigenvalue weighted by Gasteiger charge is -2.22. The molecule has 0 atom stereocenters. The van der Waals surface area contributed by atoms with Crippen molar-refractivity contribution in [1.82, 2.24) is 15.3 Å². The van der Waals surface area contributed by atoms with Crippen LogP contribution in [0.5, 0.6) is 0 Å². The van der Waals surface area contributed by atoms with Crippen LogP contribution in [0.15, 0.2) is 6.20 Å². The zero-order valence-corrected chi connectivity index (χ0v) is 12.3. The molecule has 0 aliphatic heterocycles. The summed E-state index contributed by atoms with van der Waals surface area (Å²) in [5.74, 6) is 1.01. The Bertz CT molecular complexity index is 427. The molecular weight excluding hydrogens is 266 g/mol. The number of hydrogen-bond donors (Lipinski definition) is 2. The van der Waals surface area contributed by atoms with Gasteiger partial charge in [0.25, 0.3) is 0 Å². The van der Waals surface area contributed by atoms with Crippen LogP contribution in [0.25, 0.3) is 0 Å². The van der Waals surface area contributed by atoms with Crippen molar-refractivity contribution >= 4 is 29.3 Å². The molecule has 1 aromatic heterocycles. The Kier molecular flexibility index (Phi) is 6.35. The lowest BCUT2D eigenvalue weighted by Crippen LogP contribution is -2.36.